The van der Waals surface area contributed by atoms with Crippen LogP contribution in [0.15, 0.2) is 40.9 Å². The van der Waals surface area contributed by atoms with Crippen molar-refractivity contribution in [1.29, 1.82) is 0 Å². The van der Waals surface area contributed by atoms with Gasteiger partial charge in [0.1, 0.15) is 5.75 Å². The van der Waals surface area contributed by atoms with E-state index < -0.39 is 0 Å². The lowest BCUT2D eigenvalue weighted by molar-refractivity contribution is 0.0958. The highest BCUT2D eigenvalue weighted by Crippen LogP contribution is 2.25. The number of carbonyl (C=O) groups excluding carboxylic acids is 2. The van der Waals surface area contributed by atoms with Gasteiger partial charge in [0.25, 0.3) is 5.91 Å². The minimum Gasteiger partial charge on any atom is -0.508 e. The number of nitrogens with one attached hydrogen (secondary N) is 2. The average molecular weight is 363 g/mol. The Bertz CT molecular complexity index is 717. The van der Waals surface area contributed by atoms with Gasteiger partial charge in [-0.05, 0) is 18.2 Å². The summed E-state index contributed by atoms with van der Waals surface area (Å²) >= 11 is 3.28. The fourth-order valence-electron chi connectivity index (χ4n) is 2.07. The van der Waals surface area contributed by atoms with E-state index in [1.807, 2.05) is 6.07 Å². The highest BCUT2D eigenvalue weighted by atomic mass is 79.9. The lowest BCUT2D eigenvalue weighted by atomic mass is 10.0. The van der Waals surface area contributed by atoms with E-state index in [1.54, 1.807) is 30.3 Å². The Balaban J connectivity index is 2.29. The maximum atomic E-state index is 12.0. The zero-order valence-corrected chi connectivity index (χ0v) is 13.5. The molecule has 0 unspecified atom stereocenters. The molecular formula is C16H15BrN2O3. The Labute approximate surface area is 136 Å². The second kappa shape index (κ2) is 7.09. The van der Waals surface area contributed by atoms with Crippen LogP contribution in [0.5, 0.6) is 5.75 Å². The monoisotopic (exact) mass is 362 g/mol. The fourth-order valence-corrected chi connectivity index (χ4v) is 2.42. The Morgan fingerprint density at radius 3 is 2.73 bits per heavy atom. The van der Waals surface area contributed by atoms with Crippen LogP contribution >= 0.6 is 15.9 Å². The Kier molecular flexibility index (Phi) is 5.16. The molecule has 3 N–H and O–H groups in total. The number of aromatic hydroxyl groups is 1. The molecule has 0 radical (unpaired) electrons. The standard InChI is InChI=1S/C16H15BrN2O3/c1-18-16(22)15-11(9-20)3-2-4-13(15)19-8-10-5-6-12(17)7-14(10)21/h2-7,9,19,21H,8H2,1H3,(H,18,22). The fraction of sp³-hybridized carbons (Fsp3) is 0.125. The maximum absolute atomic E-state index is 12.0. The molecule has 5 nitrogen and oxygen atoms in total. The highest BCUT2D eigenvalue weighted by molar-refractivity contribution is 9.10. The van der Waals surface area contributed by atoms with Crippen LogP contribution in [0.1, 0.15) is 26.3 Å². The third kappa shape index (κ3) is 3.46. The number of phenolic OH excluding ortho intramolecular Hbond substituents is 1. The number of hydrogen-bond donors (Lipinski definition) is 3. The Morgan fingerprint density at radius 1 is 1.32 bits per heavy atom. The molecule has 0 spiro atoms. The molecule has 2 rings (SSSR count). The number of halogens is 1. The number of carbonyl (C=O) groups is 2. The van der Waals surface area contributed by atoms with Crippen LogP contribution in [-0.4, -0.2) is 24.3 Å². The van der Waals surface area contributed by atoms with E-state index in [1.165, 1.54) is 7.05 Å². The largest absolute Gasteiger partial charge is 0.508 e. The normalized spacial score (nSPS) is 10.1. The minimum absolute atomic E-state index is 0.148. The molecule has 6 heteroatoms. The number of hydrogen-bond acceptors (Lipinski definition) is 4. The predicted molar refractivity (Wildman–Crippen MR) is 88.4 cm³/mol. The van der Waals surface area contributed by atoms with Crippen molar-refractivity contribution in [3.8, 4) is 5.75 Å². The number of amides is 1. The van der Waals surface area contributed by atoms with Crippen LogP contribution in [0.4, 0.5) is 5.69 Å². The van der Waals surface area contributed by atoms with Crippen LogP contribution in [0.3, 0.4) is 0 Å². The number of aldehydes is 1. The first kappa shape index (κ1) is 16.0. The van der Waals surface area contributed by atoms with E-state index in [-0.39, 0.29) is 17.2 Å². The molecule has 0 saturated heterocycles. The molecule has 0 saturated carbocycles. The number of phenols is 1. The highest BCUT2D eigenvalue weighted by Gasteiger charge is 2.15. The van der Waals surface area contributed by atoms with Crippen molar-refractivity contribution in [3.05, 3.63) is 57.6 Å². The zero-order valence-electron chi connectivity index (χ0n) is 11.9. The lowest BCUT2D eigenvalue weighted by Gasteiger charge is -2.13. The summed E-state index contributed by atoms with van der Waals surface area (Å²) in [4.78, 5) is 23.1. The van der Waals surface area contributed by atoms with E-state index >= 15 is 0 Å². The Morgan fingerprint density at radius 2 is 2.09 bits per heavy atom. The molecule has 114 valence electrons. The molecule has 22 heavy (non-hydrogen) atoms. The summed E-state index contributed by atoms with van der Waals surface area (Å²) < 4.78 is 0.780. The quantitative estimate of drug-likeness (QED) is 0.714. The number of rotatable bonds is 5. The Hall–Kier alpha value is -2.34. The minimum atomic E-state index is -0.342. The molecule has 0 fully saturated rings. The number of anilines is 1. The van der Waals surface area contributed by atoms with Crippen molar-refractivity contribution < 1.29 is 14.7 Å². The van der Waals surface area contributed by atoms with Crippen molar-refractivity contribution in [3.63, 3.8) is 0 Å². The van der Waals surface area contributed by atoms with Crippen molar-refractivity contribution in [2.75, 3.05) is 12.4 Å². The first-order valence-electron chi connectivity index (χ1n) is 6.58. The molecule has 2 aromatic rings. The molecule has 0 aliphatic heterocycles. The molecule has 2 aromatic carbocycles. The third-order valence-corrected chi connectivity index (χ3v) is 3.69. The van der Waals surface area contributed by atoms with Gasteiger partial charge in [0, 0.05) is 34.9 Å². The summed E-state index contributed by atoms with van der Waals surface area (Å²) in [6.07, 6.45) is 0.646. The van der Waals surface area contributed by atoms with E-state index in [9.17, 15) is 14.7 Å². The summed E-state index contributed by atoms with van der Waals surface area (Å²) in [5.74, 6) is -0.194. The first-order valence-corrected chi connectivity index (χ1v) is 7.37. The number of benzene rings is 2. The summed E-state index contributed by atoms with van der Waals surface area (Å²) in [6, 6.07) is 10.2. The van der Waals surface area contributed by atoms with Crippen LogP contribution in [0.2, 0.25) is 0 Å². The van der Waals surface area contributed by atoms with Gasteiger partial charge in [-0.15, -0.1) is 0 Å². The van der Waals surface area contributed by atoms with E-state index in [4.69, 9.17) is 0 Å². The smallest absolute Gasteiger partial charge is 0.253 e. The second-order valence-corrected chi connectivity index (χ2v) is 5.51. The van der Waals surface area contributed by atoms with E-state index in [0.29, 0.717) is 29.6 Å². The molecule has 0 aliphatic carbocycles. The topological polar surface area (TPSA) is 78.4 Å². The van der Waals surface area contributed by atoms with Gasteiger partial charge in [-0.2, -0.15) is 0 Å². The molecular weight excluding hydrogens is 348 g/mol. The van der Waals surface area contributed by atoms with Crippen molar-refractivity contribution in [2.45, 2.75) is 6.54 Å². The molecule has 0 heterocycles. The van der Waals surface area contributed by atoms with Crippen LogP contribution in [0.25, 0.3) is 0 Å². The van der Waals surface area contributed by atoms with Gasteiger partial charge in [-0.1, -0.05) is 34.1 Å². The summed E-state index contributed by atoms with van der Waals surface area (Å²) in [7, 11) is 1.51. The zero-order chi connectivity index (χ0) is 16.1. The van der Waals surface area contributed by atoms with Crippen molar-refractivity contribution >= 4 is 33.8 Å². The van der Waals surface area contributed by atoms with Gasteiger partial charge in [0.05, 0.1) is 5.56 Å². The molecule has 0 aliphatic rings. The van der Waals surface area contributed by atoms with E-state index in [2.05, 4.69) is 26.6 Å². The van der Waals surface area contributed by atoms with Crippen LogP contribution in [0, 0.1) is 0 Å². The van der Waals surface area contributed by atoms with Gasteiger partial charge in [-0.25, -0.2) is 0 Å². The van der Waals surface area contributed by atoms with Gasteiger partial charge in [-0.3, -0.25) is 9.59 Å². The van der Waals surface area contributed by atoms with Gasteiger partial charge in [0.15, 0.2) is 6.29 Å². The van der Waals surface area contributed by atoms with Crippen LogP contribution < -0.4 is 10.6 Å². The average Bonchev–Trinajstić information content (AvgIpc) is 2.52. The molecule has 0 aromatic heterocycles. The second-order valence-electron chi connectivity index (χ2n) is 4.59. The maximum Gasteiger partial charge on any atom is 0.253 e. The van der Waals surface area contributed by atoms with Gasteiger partial charge in [0.2, 0.25) is 0 Å². The van der Waals surface area contributed by atoms with E-state index in [0.717, 1.165) is 4.47 Å². The van der Waals surface area contributed by atoms with Gasteiger partial charge < -0.3 is 15.7 Å². The summed E-state index contributed by atoms with van der Waals surface area (Å²) in [5.41, 5.74) is 1.81. The SMILES string of the molecule is CNC(=O)c1c(C=O)cccc1NCc1ccc(Br)cc1O. The summed E-state index contributed by atoms with van der Waals surface area (Å²) in [5, 5.41) is 15.5. The van der Waals surface area contributed by atoms with Crippen molar-refractivity contribution in [2.24, 2.45) is 0 Å². The molecule has 1 amide bonds. The first-order chi connectivity index (χ1) is 10.6. The van der Waals surface area contributed by atoms with Crippen molar-refractivity contribution in [1.82, 2.24) is 5.32 Å². The predicted octanol–water partition coefficient (Wildman–Crippen LogP) is 2.94. The van der Waals surface area contributed by atoms with Crippen LogP contribution in [-0.2, 0) is 6.54 Å². The molecule has 0 atom stereocenters. The van der Waals surface area contributed by atoms with Gasteiger partial charge >= 0.3 is 0 Å². The third-order valence-electron chi connectivity index (χ3n) is 3.19. The lowest BCUT2D eigenvalue weighted by Crippen LogP contribution is -2.21. The summed E-state index contributed by atoms with van der Waals surface area (Å²) in [6.45, 7) is 0.325. The molecule has 0 bridgehead atoms.